The Balaban J connectivity index is 1.43. The molecule has 4 rings (SSSR count). The van der Waals surface area contributed by atoms with Gasteiger partial charge in [-0.3, -0.25) is 9.36 Å². The van der Waals surface area contributed by atoms with Crippen molar-refractivity contribution in [1.29, 1.82) is 0 Å². The molecule has 6 heteroatoms. The summed E-state index contributed by atoms with van der Waals surface area (Å²) in [6.07, 6.45) is 2.40. The van der Waals surface area contributed by atoms with Crippen molar-refractivity contribution < 1.29 is 4.79 Å². The molecular formula is C24H22N4OS. The van der Waals surface area contributed by atoms with Gasteiger partial charge in [-0.2, -0.15) is 0 Å². The van der Waals surface area contributed by atoms with Gasteiger partial charge in [-0.05, 0) is 29.7 Å². The molecule has 0 aliphatic carbocycles. The Bertz CT molecular complexity index is 1070. The molecule has 0 fully saturated rings. The number of thioether (sulfide) groups is 1. The van der Waals surface area contributed by atoms with E-state index in [9.17, 15) is 4.79 Å². The molecule has 0 bridgehead atoms. The number of rotatable bonds is 8. The van der Waals surface area contributed by atoms with Gasteiger partial charge in [0.1, 0.15) is 6.33 Å². The third-order valence-electron chi connectivity index (χ3n) is 4.70. The number of benzene rings is 3. The molecular weight excluding hydrogens is 392 g/mol. The molecule has 1 atom stereocenters. The van der Waals surface area contributed by atoms with Crippen LogP contribution in [0.3, 0.4) is 0 Å². The normalized spacial score (nSPS) is 11.7. The van der Waals surface area contributed by atoms with Gasteiger partial charge in [-0.15, -0.1) is 10.2 Å². The molecule has 0 spiro atoms. The Hall–Kier alpha value is -3.38. The fourth-order valence-electron chi connectivity index (χ4n) is 3.24. The number of para-hydroxylation sites is 1. The van der Waals surface area contributed by atoms with Crippen LogP contribution in [0.5, 0.6) is 0 Å². The number of hydrogen-bond acceptors (Lipinski definition) is 4. The zero-order chi connectivity index (χ0) is 20.6. The monoisotopic (exact) mass is 414 g/mol. The Labute approximate surface area is 180 Å². The molecule has 1 N–H and O–H groups in total. The lowest BCUT2D eigenvalue weighted by atomic mass is 9.99. The van der Waals surface area contributed by atoms with E-state index in [0.717, 1.165) is 17.7 Å². The first-order valence-electron chi connectivity index (χ1n) is 9.76. The summed E-state index contributed by atoms with van der Waals surface area (Å²) >= 11 is 1.38. The third-order valence-corrected chi connectivity index (χ3v) is 5.65. The van der Waals surface area contributed by atoms with Crippen LogP contribution >= 0.6 is 11.8 Å². The molecule has 1 amide bonds. The van der Waals surface area contributed by atoms with Crippen LogP contribution in [-0.2, 0) is 11.2 Å². The minimum Gasteiger partial charge on any atom is -0.348 e. The summed E-state index contributed by atoms with van der Waals surface area (Å²) in [6.45, 7) is 0. The summed E-state index contributed by atoms with van der Waals surface area (Å²) in [5.41, 5.74) is 3.24. The number of aromatic nitrogens is 3. The van der Waals surface area contributed by atoms with E-state index in [1.165, 1.54) is 17.3 Å². The Kier molecular flexibility index (Phi) is 6.57. The van der Waals surface area contributed by atoms with Crippen LogP contribution in [-0.4, -0.2) is 26.4 Å². The summed E-state index contributed by atoms with van der Waals surface area (Å²) in [5.74, 6) is 0.233. The van der Waals surface area contributed by atoms with Crippen LogP contribution in [0.15, 0.2) is 102 Å². The summed E-state index contributed by atoms with van der Waals surface area (Å²) < 4.78 is 1.89. The highest BCUT2D eigenvalue weighted by Crippen LogP contribution is 2.21. The lowest BCUT2D eigenvalue weighted by molar-refractivity contribution is -0.119. The summed E-state index contributed by atoms with van der Waals surface area (Å²) in [6, 6.07) is 30.0. The molecule has 0 saturated heterocycles. The molecule has 4 aromatic rings. The molecule has 0 radical (unpaired) electrons. The maximum atomic E-state index is 12.8. The maximum absolute atomic E-state index is 12.8. The highest BCUT2D eigenvalue weighted by atomic mass is 32.2. The molecule has 3 aromatic carbocycles. The second kappa shape index (κ2) is 9.89. The van der Waals surface area contributed by atoms with E-state index in [4.69, 9.17) is 0 Å². The minimum absolute atomic E-state index is 0.0348. The van der Waals surface area contributed by atoms with Crippen molar-refractivity contribution in [2.24, 2.45) is 0 Å². The average molecular weight is 415 g/mol. The van der Waals surface area contributed by atoms with E-state index in [1.807, 2.05) is 83.4 Å². The lowest BCUT2D eigenvalue weighted by Gasteiger charge is -2.19. The van der Waals surface area contributed by atoms with Crippen LogP contribution in [0.4, 0.5) is 0 Å². The van der Waals surface area contributed by atoms with E-state index < -0.39 is 0 Å². The van der Waals surface area contributed by atoms with Gasteiger partial charge in [0.25, 0.3) is 0 Å². The van der Waals surface area contributed by atoms with Crippen LogP contribution in [0.2, 0.25) is 0 Å². The lowest BCUT2D eigenvalue weighted by Crippen LogP contribution is -2.31. The second-order valence-electron chi connectivity index (χ2n) is 6.83. The van der Waals surface area contributed by atoms with E-state index in [2.05, 4.69) is 27.6 Å². The quantitative estimate of drug-likeness (QED) is 0.433. The number of hydrogen-bond donors (Lipinski definition) is 1. The number of carbonyl (C=O) groups is 1. The van der Waals surface area contributed by atoms with Gasteiger partial charge in [0.15, 0.2) is 5.16 Å². The Morgan fingerprint density at radius 1 is 0.900 bits per heavy atom. The maximum Gasteiger partial charge on any atom is 0.230 e. The van der Waals surface area contributed by atoms with Crippen molar-refractivity contribution in [1.82, 2.24) is 20.1 Å². The molecule has 0 saturated carbocycles. The van der Waals surface area contributed by atoms with Gasteiger partial charge in [-0.25, -0.2) is 0 Å². The van der Waals surface area contributed by atoms with Gasteiger partial charge >= 0.3 is 0 Å². The zero-order valence-electron chi connectivity index (χ0n) is 16.4. The van der Waals surface area contributed by atoms with Crippen molar-refractivity contribution in [2.75, 3.05) is 5.75 Å². The number of carbonyl (C=O) groups excluding carboxylic acids is 1. The largest absolute Gasteiger partial charge is 0.348 e. The topological polar surface area (TPSA) is 59.8 Å². The van der Waals surface area contributed by atoms with E-state index >= 15 is 0 Å². The smallest absolute Gasteiger partial charge is 0.230 e. The first-order valence-corrected chi connectivity index (χ1v) is 10.7. The SMILES string of the molecule is O=C(CSc1nncn1-c1ccccc1)NC(Cc1ccccc1)c1ccccc1. The molecule has 0 aliphatic rings. The molecule has 1 aromatic heterocycles. The van der Waals surface area contributed by atoms with Crippen molar-refractivity contribution in [3.05, 3.63) is 108 Å². The van der Waals surface area contributed by atoms with E-state index in [1.54, 1.807) is 6.33 Å². The number of nitrogens with zero attached hydrogens (tertiary/aromatic N) is 3. The van der Waals surface area contributed by atoms with Crippen LogP contribution in [0.25, 0.3) is 5.69 Å². The minimum atomic E-state index is -0.0892. The fraction of sp³-hybridized carbons (Fsp3) is 0.125. The van der Waals surface area contributed by atoms with Crippen molar-refractivity contribution in [3.8, 4) is 5.69 Å². The average Bonchev–Trinajstić information content (AvgIpc) is 3.28. The highest BCUT2D eigenvalue weighted by Gasteiger charge is 2.16. The zero-order valence-corrected chi connectivity index (χ0v) is 17.2. The van der Waals surface area contributed by atoms with Gasteiger partial charge in [-0.1, -0.05) is 90.6 Å². The molecule has 0 aliphatic heterocycles. The molecule has 1 heterocycles. The van der Waals surface area contributed by atoms with E-state index in [0.29, 0.717) is 5.16 Å². The summed E-state index contributed by atoms with van der Waals surface area (Å²) in [7, 11) is 0. The standard InChI is InChI=1S/C24H22N4OS/c29-23(17-30-24-27-25-18-28(24)21-14-8-3-9-15-21)26-22(20-12-6-2-7-13-20)16-19-10-4-1-5-11-19/h1-15,18,22H,16-17H2,(H,26,29). The van der Waals surface area contributed by atoms with E-state index in [-0.39, 0.29) is 17.7 Å². The third kappa shape index (κ3) is 5.15. The Morgan fingerprint density at radius 2 is 1.53 bits per heavy atom. The van der Waals surface area contributed by atoms with Crippen molar-refractivity contribution in [2.45, 2.75) is 17.6 Å². The molecule has 150 valence electrons. The highest BCUT2D eigenvalue weighted by molar-refractivity contribution is 7.99. The molecule has 1 unspecified atom stereocenters. The predicted molar refractivity (Wildman–Crippen MR) is 120 cm³/mol. The molecule has 30 heavy (non-hydrogen) atoms. The summed E-state index contributed by atoms with van der Waals surface area (Å²) in [4.78, 5) is 12.8. The first-order chi connectivity index (χ1) is 14.8. The van der Waals surface area contributed by atoms with Crippen molar-refractivity contribution in [3.63, 3.8) is 0 Å². The van der Waals surface area contributed by atoms with Crippen molar-refractivity contribution >= 4 is 17.7 Å². The first kappa shape index (κ1) is 19.9. The predicted octanol–water partition coefficient (Wildman–Crippen LogP) is 4.46. The van der Waals surface area contributed by atoms with Crippen LogP contribution in [0, 0.1) is 0 Å². The van der Waals surface area contributed by atoms with Crippen LogP contribution < -0.4 is 5.32 Å². The van der Waals surface area contributed by atoms with Gasteiger partial charge in [0.2, 0.25) is 5.91 Å². The van der Waals surface area contributed by atoms with Crippen LogP contribution in [0.1, 0.15) is 17.2 Å². The fourth-order valence-corrected chi connectivity index (χ4v) is 3.98. The molecule has 5 nitrogen and oxygen atoms in total. The van der Waals surface area contributed by atoms with Gasteiger partial charge < -0.3 is 5.32 Å². The second-order valence-corrected chi connectivity index (χ2v) is 7.77. The number of nitrogens with one attached hydrogen (secondary N) is 1. The van der Waals surface area contributed by atoms with Gasteiger partial charge in [0.05, 0.1) is 11.8 Å². The Morgan fingerprint density at radius 3 is 2.23 bits per heavy atom. The number of amides is 1. The van der Waals surface area contributed by atoms with Gasteiger partial charge in [0, 0.05) is 5.69 Å². The summed E-state index contributed by atoms with van der Waals surface area (Å²) in [5, 5.41) is 12.0.